The lowest BCUT2D eigenvalue weighted by molar-refractivity contribution is -0.135. The third-order valence-corrected chi connectivity index (χ3v) is 7.84. The highest BCUT2D eigenvalue weighted by molar-refractivity contribution is 5.99. The van der Waals surface area contributed by atoms with Crippen molar-refractivity contribution in [2.45, 2.75) is 94.5 Å². The topological polar surface area (TPSA) is 109 Å². The van der Waals surface area contributed by atoms with Gasteiger partial charge in [0.05, 0.1) is 24.1 Å². The van der Waals surface area contributed by atoms with Gasteiger partial charge in [-0.3, -0.25) is 9.59 Å². The van der Waals surface area contributed by atoms with Crippen molar-refractivity contribution in [3.63, 3.8) is 0 Å². The van der Waals surface area contributed by atoms with Crippen LogP contribution in [-0.4, -0.2) is 66.7 Å². The van der Waals surface area contributed by atoms with Gasteiger partial charge in [0.15, 0.2) is 0 Å². The normalized spacial score (nSPS) is 26.9. The molecule has 3 N–H and O–H groups in total. The fourth-order valence-corrected chi connectivity index (χ4v) is 5.57. The molecule has 3 fully saturated rings. The van der Waals surface area contributed by atoms with Crippen LogP contribution in [0.3, 0.4) is 0 Å². The standard InChI is InChI=1S/C26H36N4O5/c1-30-21-11-10-19(14-24(31)27-16-7-4-8-16)35-23(21)15-34-22-12-9-18(13-20(22)25(30)32)29-26(33)28-17-5-2-3-6-17/h9,12-13,16-17,19,21,23H,2-8,10-11,14-15H2,1H3,(H,27,31)(H2,28,29,33)/t19-,21-,23-/m1/s1. The van der Waals surface area contributed by atoms with Gasteiger partial charge in [0, 0.05) is 24.8 Å². The molecule has 190 valence electrons. The van der Waals surface area contributed by atoms with Crippen LogP contribution in [-0.2, 0) is 9.53 Å². The molecular weight excluding hydrogens is 448 g/mol. The van der Waals surface area contributed by atoms with Crippen molar-refractivity contribution in [1.82, 2.24) is 15.5 Å². The Morgan fingerprint density at radius 2 is 1.74 bits per heavy atom. The summed E-state index contributed by atoms with van der Waals surface area (Å²) in [5, 5.41) is 8.93. The molecule has 1 saturated heterocycles. The van der Waals surface area contributed by atoms with E-state index in [0.29, 0.717) is 42.5 Å². The Labute approximate surface area is 206 Å². The second-order valence-corrected chi connectivity index (χ2v) is 10.4. The van der Waals surface area contributed by atoms with Crippen LogP contribution in [0.15, 0.2) is 18.2 Å². The lowest BCUT2D eigenvalue weighted by atomic mass is 9.92. The van der Waals surface area contributed by atoms with Gasteiger partial charge in [-0.1, -0.05) is 12.8 Å². The van der Waals surface area contributed by atoms with Crippen LogP contribution in [0.1, 0.15) is 74.6 Å². The van der Waals surface area contributed by atoms with Gasteiger partial charge >= 0.3 is 6.03 Å². The number of rotatable bonds is 5. The van der Waals surface area contributed by atoms with E-state index in [9.17, 15) is 14.4 Å². The number of hydrogen-bond donors (Lipinski definition) is 3. The highest BCUT2D eigenvalue weighted by Crippen LogP contribution is 2.32. The molecule has 2 aliphatic heterocycles. The van der Waals surface area contributed by atoms with Crippen molar-refractivity contribution in [2.24, 2.45) is 0 Å². The van der Waals surface area contributed by atoms with Gasteiger partial charge in [0.25, 0.3) is 5.91 Å². The molecule has 5 rings (SSSR count). The number of ether oxygens (including phenoxy) is 2. The summed E-state index contributed by atoms with van der Waals surface area (Å²) in [6.07, 6.45) is 8.91. The van der Waals surface area contributed by atoms with Crippen molar-refractivity contribution < 1.29 is 23.9 Å². The van der Waals surface area contributed by atoms with Gasteiger partial charge in [0.1, 0.15) is 18.5 Å². The van der Waals surface area contributed by atoms with E-state index in [0.717, 1.165) is 44.9 Å². The molecule has 3 atom stereocenters. The summed E-state index contributed by atoms with van der Waals surface area (Å²) in [6, 6.07) is 5.29. The minimum Gasteiger partial charge on any atom is -0.490 e. The maximum Gasteiger partial charge on any atom is 0.319 e. The maximum atomic E-state index is 13.4. The molecule has 9 heteroatoms. The summed E-state index contributed by atoms with van der Waals surface area (Å²) in [6.45, 7) is 0.297. The van der Waals surface area contributed by atoms with Gasteiger partial charge < -0.3 is 30.3 Å². The molecule has 4 aliphatic rings. The highest BCUT2D eigenvalue weighted by atomic mass is 16.5. The first-order valence-corrected chi connectivity index (χ1v) is 13.0. The van der Waals surface area contributed by atoms with Crippen molar-refractivity contribution >= 4 is 23.5 Å². The molecule has 4 amide bonds. The molecule has 0 unspecified atom stereocenters. The van der Waals surface area contributed by atoms with E-state index in [4.69, 9.17) is 9.47 Å². The van der Waals surface area contributed by atoms with Crippen LogP contribution in [0.25, 0.3) is 0 Å². The Morgan fingerprint density at radius 3 is 2.49 bits per heavy atom. The molecule has 1 aromatic rings. The van der Waals surface area contributed by atoms with E-state index in [1.165, 1.54) is 6.42 Å². The van der Waals surface area contributed by atoms with Crippen molar-refractivity contribution in [3.05, 3.63) is 23.8 Å². The zero-order valence-corrected chi connectivity index (χ0v) is 20.4. The number of nitrogens with one attached hydrogen (secondary N) is 3. The highest BCUT2D eigenvalue weighted by Gasteiger charge is 2.39. The van der Waals surface area contributed by atoms with Gasteiger partial charge in [-0.05, 0) is 63.1 Å². The summed E-state index contributed by atoms with van der Waals surface area (Å²) in [5.41, 5.74) is 0.978. The molecule has 9 nitrogen and oxygen atoms in total. The Hall–Kier alpha value is -2.81. The van der Waals surface area contributed by atoms with E-state index in [-0.39, 0.29) is 42.1 Å². The molecular formula is C26H36N4O5. The number of anilines is 1. The smallest absolute Gasteiger partial charge is 0.319 e. The number of amides is 4. The van der Waals surface area contributed by atoms with Crippen LogP contribution in [0, 0.1) is 0 Å². The number of benzene rings is 1. The molecule has 0 bridgehead atoms. The summed E-state index contributed by atoms with van der Waals surface area (Å²) >= 11 is 0. The largest absolute Gasteiger partial charge is 0.490 e. The second kappa shape index (κ2) is 10.4. The average molecular weight is 485 g/mol. The van der Waals surface area contributed by atoms with Crippen molar-refractivity contribution in [2.75, 3.05) is 19.0 Å². The number of hydrogen-bond acceptors (Lipinski definition) is 5. The van der Waals surface area contributed by atoms with Crippen LogP contribution >= 0.6 is 0 Å². The molecule has 2 saturated carbocycles. The Bertz CT molecular complexity index is 959. The minimum absolute atomic E-state index is 0.0386. The molecule has 2 aliphatic carbocycles. The lowest BCUT2D eigenvalue weighted by Gasteiger charge is -2.42. The van der Waals surface area contributed by atoms with Crippen LogP contribution in [0.2, 0.25) is 0 Å². The number of likely N-dealkylation sites (N-methyl/N-ethyl adjacent to an activating group) is 1. The van der Waals surface area contributed by atoms with E-state index >= 15 is 0 Å². The van der Waals surface area contributed by atoms with Crippen LogP contribution in [0.4, 0.5) is 10.5 Å². The fraction of sp³-hybridized carbons (Fsp3) is 0.654. The SMILES string of the molecule is CN1C(=O)c2cc(NC(=O)NC3CCCC3)ccc2OC[C@H]2O[C@@H](CC(=O)NC3CCC3)CC[C@H]21. The first-order chi connectivity index (χ1) is 17.0. The van der Waals surface area contributed by atoms with E-state index in [1.807, 2.05) is 0 Å². The summed E-state index contributed by atoms with van der Waals surface area (Å²) in [5.74, 6) is 0.339. The van der Waals surface area contributed by atoms with E-state index < -0.39 is 0 Å². The second-order valence-electron chi connectivity index (χ2n) is 10.4. The quantitative estimate of drug-likeness (QED) is 0.595. The Balaban J connectivity index is 1.22. The van der Waals surface area contributed by atoms with Crippen LogP contribution < -0.4 is 20.7 Å². The molecule has 0 aromatic heterocycles. The predicted molar refractivity (Wildman–Crippen MR) is 131 cm³/mol. The molecule has 2 heterocycles. The predicted octanol–water partition coefficient (Wildman–Crippen LogP) is 3.19. The minimum atomic E-state index is -0.303. The fourth-order valence-electron chi connectivity index (χ4n) is 5.57. The van der Waals surface area contributed by atoms with Gasteiger partial charge in [-0.25, -0.2) is 4.79 Å². The molecule has 0 radical (unpaired) electrons. The van der Waals surface area contributed by atoms with Gasteiger partial charge in [-0.2, -0.15) is 0 Å². The number of carbonyl (C=O) groups excluding carboxylic acids is 3. The number of nitrogens with zero attached hydrogens (tertiary/aromatic N) is 1. The number of urea groups is 1. The Morgan fingerprint density at radius 1 is 1.00 bits per heavy atom. The van der Waals surface area contributed by atoms with Crippen molar-refractivity contribution in [3.8, 4) is 5.75 Å². The maximum absolute atomic E-state index is 13.4. The first kappa shape index (κ1) is 23.9. The van der Waals surface area contributed by atoms with E-state index in [1.54, 1.807) is 30.1 Å². The summed E-state index contributed by atoms with van der Waals surface area (Å²) < 4.78 is 12.3. The number of fused-ring (bicyclic) bond motifs is 2. The zero-order valence-electron chi connectivity index (χ0n) is 20.4. The lowest BCUT2D eigenvalue weighted by Crippen LogP contribution is -2.54. The van der Waals surface area contributed by atoms with Crippen LogP contribution in [0.5, 0.6) is 5.75 Å². The van der Waals surface area contributed by atoms with Gasteiger partial charge in [0.2, 0.25) is 5.91 Å². The zero-order chi connectivity index (χ0) is 24.4. The monoisotopic (exact) mass is 484 g/mol. The summed E-state index contributed by atoms with van der Waals surface area (Å²) in [7, 11) is 1.79. The number of carbonyl (C=O) groups is 3. The summed E-state index contributed by atoms with van der Waals surface area (Å²) in [4.78, 5) is 39.8. The molecule has 1 aromatic carbocycles. The van der Waals surface area contributed by atoms with Gasteiger partial charge in [-0.15, -0.1) is 0 Å². The third-order valence-electron chi connectivity index (χ3n) is 7.84. The Kier molecular flexibility index (Phi) is 7.13. The molecule has 0 spiro atoms. The first-order valence-electron chi connectivity index (χ1n) is 13.0. The van der Waals surface area contributed by atoms with Crippen molar-refractivity contribution in [1.29, 1.82) is 0 Å². The average Bonchev–Trinajstić information content (AvgIpc) is 3.32. The third kappa shape index (κ3) is 5.55. The van der Waals surface area contributed by atoms with E-state index in [2.05, 4.69) is 16.0 Å². The molecule has 35 heavy (non-hydrogen) atoms.